The van der Waals surface area contributed by atoms with E-state index in [-0.39, 0.29) is 31.5 Å². The van der Waals surface area contributed by atoms with Gasteiger partial charge in [0.1, 0.15) is 0 Å². The second kappa shape index (κ2) is 11.2. The van der Waals surface area contributed by atoms with Crippen molar-refractivity contribution >= 4 is 17.9 Å². The van der Waals surface area contributed by atoms with E-state index in [1.54, 1.807) is 20.8 Å². The van der Waals surface area contributed by atoms with Gasteiger partial charge < -0.3 is 14.2 Å². The van der Waals surface area contributed by atoms with Crippen LogP contribution in [0.25, 0.3) is 0 Å². The third-order valence-corrected chi connectivity index (χ3v) is 5.74. The molecule has 29 heavy (non-hydrogen) atoms. The van der Waals surface area contributed by atoms with Crippen molar-refractivity contribution in [2.24, 2.45) is 11.8 Å². The van der Waals surface area contributed by atoms with Crippen LogP contribution >= 0.6 is 0 Å². The molecular weight excluding hydrogens is 372 g/mol. The Morgan fingerprint density at radius 2 is 1.52 bits per heavy atom. The van der Waals surface area contributed by atoms with Crippen LogP contribution in [0.5, 0.6) is 0 Å². The quantitative estimate of drug-likeness (QED) is 0.357. The van der Waals surface area contributed by atoms with Gasteiger partial charge in [0.15, 0.2) is 0 Å². The van der Waals surface area contributed by atoms with Gasteiger partial charge in [-0.05, 0) is 47.0 Å². The Kier molecular flexibility index (Phi) is 8.93. The number of carbonyl (C=O) groups excluding carboxylic acids is 3. The number of hydrogen-bond acceptors (Lipinski definition) is 6. The number of fused-ring (bicyclic) bond motifs is 1. The minimum Gasteiger partial charge on any atom is -0.466 e. The van der Waals surface area contributed by atoms with Crippen molar-refractivity contribution in [3.63, 3.8) is 0 Å². The number of esters is 3. The van der Waals surface area contributed by atoms with Gasteiger partial charge in [0.05, 0.1) is 36.9 Å². The zero-order chi connectivity index (χ0) is 21.4. The standard InChI is InChI=1S/C23H34O6/c1-5-27-21(24)15(4)18-14-19(22(25)28-6-2)20(23(26)29-7-3)17-13-11-9-8-10-12-16(17)18/h15,17H,5-14H2,1-4H3. The van der Waals surface area contributed by atoms with E-state index in [4.69, 9.17) is 14.2 Å². The predicted molar refractivity (Wildman–Crippen MR) is 109 cm³/mol. The molecule has 0 N–H and O–H groups in total. The van der Waals surface area contributed by atoms with Crippen LogP contribution in [-0.2, 0) is 28.6 Å². The summed E-state index contributed by atoms with van der Waals surface area (Å²) in [6.45, 7) is 7.89. The second-order valence-corrected chi connectivity index (χ2v) is 7.54. The van der Waals surface area contributed by atoms with E-state index in [0.29, 0.717) is 17.8 Å². The molecule has 6 heteroatoms. The van der Waals surface area contributed by atoms with Gasteiger partial charge in [-0.15, -0.1) is 0 Å². The maximum atomic E-state index is 12.9. The van der Waals surface area contributed by atoms with E-state index in [1.165, 1.54) is 0 Å². The fraction of sp³-hybridized carbons (Fsp3) is 0.696. The molecule has 0 heterocycles. The van der Waals surface area contributed by atoms with Crippen molar-refractivity contribution < 1.29 is 28.6 Å². The van der Waals surface area contributed by atoms with Crippen LogP contribution in [0.15, 0.2) is 22.3 Å². The molecule has 0 bridgehead atoms. The first kappa shape index (κ1) is 23.2. The van der Waals surface area contributed by atoms with Gasteiger partial charge >= 0.3 is 17.9 Å². The topological polar surface area (TPSA) is 78.9 Å². The van der Waals surface area contributed by atoms with Crippen LogP contribution in [0.1, 0.15) is 72.6 Å². The molecule has 6 nitrogen and oxygen atoms in total. The number of rotatable bonds is 7. The highest BCUT2D eigenvalue weighted by Gasteiger charge is 2.39. The molecule has 0 saturated heterocycles. The maximum absolute atomic E-state index is 12.9. The minimum atomic E-state index is -0.495. The molecule has 2 atom stereocenters. The summed E-state index contributed by atoms with van der Waals surface area (Å²) < 4.78 is 15.8. The van der Waals surface area contributed by atoms with Gasteiger partial charge in [0.2, 0.25) is 0 Å². The van der Waals surface area contributed by atoms with E-state index < -0.39 is 17.9 Å². The second-order valence-electron chi connectivity index (χ2n) is 7.54. The van der Waals surface area contributed by atoms with Gasteiger partial charge in [-0.2, -0.15) is 0 Å². The summed E-state index contributed by atoms with van der Waals surface area (Å²) in [5, 5.41) is 0. The number of ether oxygens (including phenoxy) is 3. The lowest BCUT2D eigenvalue weighted by atomic mass is 9.70. The van der Waals surface area contributed by atoms with E-state index >= 15 is 0 Å². The highest BCUT2D eigenvalue weighted by Crippen LogP contribution is 2.44. The van der Waals surface area contributed by atoms with Crippen LogP contribution in [0.3, 0.4) is 0 Å². The first-order chi connectivity index (χ1) is 14.0. The number of hydrogen-bond donors (Lipinski definition) is 0. The number of carbonyl (C=O) groups is 3. The van der Waals surface area contributed by atoms with Crippen LogP contribution in [-0.4, -0.2) is 37.7 Å². The SMILES string of the molecule is CCOC(=O)C1=C(C(=O)OCC)C2CCCCCCC2=C(C(C)C(=O)OCC)C1. The highest BCUT2D eigenvalue weighted by atomic mass is 16.5. The third-order valence-electron chi connectivity index (χ3n) is 5.74. The van der Waals surface area contributed by atoms with Crippen molar-refractivity contribution in [1.82, 2.24) is 0 Å². The smallest absolute Gasteiger partial charge is 0.335 e. The molecule has 0 aromatic heterocycles. The lowest BCUT2D eigenvalue weighted by Gasteiger charge is -2.34. The van der Waals surface area contributed by atoms with Crippen LogP contribution < -0.4 is 0 Å². The summed E-state index contributed by atoms with van der Waals surface area (Å²) in [4.78, 5) is 38.2. The Hall–Kier alpha value is -2.11. The molecule has 0 aromatic carbocycles. The Labute approximate surface area is 173 Å². The van der Waals surface area contributed by atoms with Crippen molar-refractivity contribution in [1.29, 1.82) is 0 Å². The van der Waals surface area contributed by atoms with Crippen LogP contribution in [0.4, 0.5) is 0 Å². The van der Waals surface area contributed by atoms with E-state index in [9.17, 15) is 14.4 Å². The fourth-order valence-corrected chi connectivity index (χ4v) is 4.39. The first-order valence-corrected chi connectivity index (χ1v) is 10.9. The molecule has 1 fully saturated rings. The Morgan fingerprint density at radius 3 is 2.17 bits per heavy atom. The highest BCUT2D eigenvalue weighted by molar-refractivity contribution is 6.02. The van der Waals surface area contributed by atoms with E-state index in [2.05, 4.69) is 0 Å². The molecule has 0 aliphatic heterocycles. The van der Waals surface area contributed by atoms with Crippen LogP contribution in [0.2, 0.25) is 0 Å². The average Bonchev–Trinajstić information content (AvgIpc) is 2.67. The minimum absolute atomic E-state index is 0.200. The molecule has 1 saturated carbocycles. The third kappa shape index (κ3) is 5.49. The first-order valence-electron chi connectivity index (χ1n) is 10.9. The fourth-order valence-electron chi connectivity index (χ4n) is 4.39. The van der Waals surface area contributed by atoms with Gasteiger partial charge in [0.25, 0.3) is 0 Å². The Morgan fingerprint density at radius 1 is 0.897 bits per heavy atom. The molecule has 0 aromatic rings. The molecule has 0 amide bonds. The summed E-state index contributed by atoms with van der Waals surface area (Å²) >= 11 is 0. The summed E-state index contributed by atoms with van der Waals surface area (Å²) in [5.74, 6) is -1.89. The zero-order valence-electron chi connectivity index (χ0n) is 18.2. The lowest BCUT2D eigenvalue weighted by molar-refractivity contribution is -0.146. The van der Waals surface area contributed by atoms with Gasteiger partial charge in [-0.1, -0.05) is 30.4 Å². The Bertz CT molecular complexity index is 687. The average molecular weight is 407 g/mol. The molecule has 162 valence electrons. The predicted octanol–water partition coefficient (Wildman–Crippen LogP) is 4.28. The maximum Gasteiger partial charge on any atom is 0.335 e. The summed E-state index contributed by atoms with van der Waals surface area (Å²) in [6, 6.07) is 0. The summed E-state index contributed by atoms with van der Waals surface area (Å²) in [6.07, 6.45) is 6.02. The summed E-state index contributed by atoms with van der Waals surface area (Å²) in [7, 11) is 0. The number of allylic oxidation sites excluding steroid dienone is 1. The largest absolute Gasteiger partial charge is 0.466 e. The van der Waals surface area contributed by atoms with Gasteiger partial charge in [-0.3, -0.25) is 4.79 Å². The van der Waals surface area contributed by atoms with E-state index in [1.807, 2.05) is 6.92 Å². The van der Waals surface area contributed by atoms with Crippen molar-refractivity contribution in [3.05, 3.63) is 22.3 Å². The molecule has 0 spiro atoms. The monoisotopic (exact) mass is 406 g/mol. The van der Waals surface area contributed by atoms with Crippen molar-refractivity contribution in [2.75, 3.05) is 19.8 Å². The molecule has 2 aliphatic carbocycles. The van der Waals surface area contributed by atoms with Gasteiger partial charge in [-0.25, -0.2) is 9.59 Å². The molecule has 2 unspecified atom stereocenters. The summed E-state index contributed by atoms with van der Waals surface area (Å²) in [5.41, 5.74) is 2.79. The van der Waals surface area contributed by atoms with Crippen LogP contribution in [0, 0.1) is 11.8 Å². The molecule has 2 rings (SSSR count). The van der Waals surface area contributed by atoms with Gasteiger partial charge in [0, 0.05) is 12.3 Å². The normalized spacial score (nSPS) is 20.9. The molecule has 2 aliphatic rings. The van der Waals surface area contributed by atoms with Crippen molar-refractivity contribution in [2.45, 2.75) is 72.6 Å². The lowest BCUT2D eigenvalue weighted by Crippen LogP contribution is -2.31. The van der Waals surface area contributed by atoms with E-state index in [0.717, 1.165) is 49.7 Å². The molecular formula is C23H34O6. The zero-order valence-corrected chi connectivity index (χ0v) is 18.2. The van der Waals surface area contributed by atoms with Crippen molar-refractivity contribution in [3.8, 4) is 0 Å². The Balaban J connectivity index is 2.57. The molecule has 0 radical (unpaired) electrons.